The molecular weight excluding hydrogens is 304 g/mol. The Hall–Kier alpha value is -1.18. The van der Waals surface area contributed by atoms with Crippen LogP contribution in [-0.2, 0) is 23.8 Å². The van der Waals surface area contributed by atoms with Gasteiger partial charge in [-0.25, -0.2) is 0 Å². The van der Waals surface area contributed by atoms with Crippen molar-refractivity contribution >= 4 is 11.9 Å². The van der Waals surface area contributed by atoms with Gasteiger partial charge >= 0.3 is 11.9 Å². The van der Waals surface area contributed by atoms with Crippen LogP contribution in [0.4, 0.5) is 0 Å². The van der Waals surface area contributed by atoms with E-state index in [0.717, 1.165) is 19.6 Å². The van der Waals surface area contributed by atoms with Crippen molar-refractivity contribution in [2.45, 2.75) is 46.0 Å². The molecule has 2 N–H and O–H groups in total. The Morgan fingerprint density at radius 1 is 0.783 bits per heavy atom. The van der Waals surface area contributed by atoms with Crippen LogP contribution in [0.25, 0.3) is 0 Å². The average Bonchev–Trinajstić information content (AvgIpc) is 2.55. The first-order valence-electron chi connectivity index (χ1n) is 8.21. The highest BCUT2D eigenvalue weighted by atomic mass is 16.5. The smallest absolute Gasteiger partial charge is 0.321 e. The zero-order valence-corrected chi connectivity index (χ0v) is 14.2. The molecule has 7 nitrogen and oxygen atoms in total. The fourth-order valence-corrected chi connectivity index (χ4v) is 2.30. The Balaban J connectivity index is 0.000000423. The standard InChI is InChI=1S/C8H12O4.C8H18O3/c9-6(10)8(7(11)12)4-2-1-3-5-8;1-3-9-5-7-11-8-6-10-4-2/h1-5H2,(H,9,10)(H,11,12);3-8H2,1-2H3. The molecule has 0 radical (unpaired) electrons. The predicted octanol–water partition coefficient (Wildman–Crippen LogP) is 2.18. The van der Waals surface area contributed by atoms with Gasteiger partial charge in [-0.3, -0.25) is 9.59 Å². The maximum atomic E-state index is 10.7. The highest BCUT2D eigenvalue weighted by Gasteiger charge is 2.46. The van der Waals surface area contributed by atoms with Crippen molar-refractivity contribution in [1.82, 2.24) is 0 Å². The Morgan fingerprint density at radius 3 is 1.48 bits per heavy atom. The summed E-state index contributed by atoms with van der Waals surface area (Å²) in [6.07, 6.45) is 2.91. The van der Waals surface area contributed by atoms with E-state index in [0.29, 0.717) is 39.3 Å². The molecule has 0 spiro atoms. The molecular formula is C16H30O7. The van der Waals surface area contributed by atoms with Crippen LogP contribution in [-0.4, -0.2) is 61.8 Å². The van der Waals surface area contributed by atoms with E-state index in [2.05, 4.69) is 0 Å². The van der Waals surface area contributed by atoms with Crippen LogP contribution in [0.2, 0.25) is 0 Å². The van der Waals surface area contributed by atoms with Gasteiger partial charge in [-0.05, 0) is 26.7 Å². The van der Waals surface area contributed by atoms with Crippen molar-refractivity contribution in [2.24, 2.45) is 5.41 Å². The monoisotopic (exact) mass is 334 g/mol. The number of aliphatic carboxylic acids is 2. The Bertz CT molecular complexity index is 300. The zero-order chi connectivity index (χ0) is 17.6. The normalized spacial score (nSPS) is 16.3. The third-order valence-electron chi connectivity index (χ3n) is 3.68. The summed E-state index contributed by atoms with van der Waals surface area (Å²) in [5, 5.41) is 17.6. The van der Waals surface area contributed by atoms with Crippen molar-refractivity contribution in [1.29, 1.82) is 0 Å². The summed E-state index contributed by atoms with van der Waals surface area (Å²) in [6, 6.07) is 0. The molecule has 23 heavy (non-hydrogen) atoms. The summed E-state index contributed by atoms with van der Waals surface area (Å²) >= 11 is 0. The molecule has 0 aromatic carbocycles. The van der Waals surface area contributed by atoms with Gasteiger partial charge < -0.3 is 24.4 Å². The van der Waals surface area contributed by atoms with Crippen LogP contribution in [0.1, 0.15) is 46.0 Å². The van der Waals surface area contributed by atoms with Crippen molar-refractivity contribution < 1.29 is 34.0 Å². The van der Waals surface area contributed by atoms with E-state index < -0.39 is 17.4 Å². The number of carboxylic acid groups (broad SMARTS) is 2. The first kappa shape index (κ1) is 21.8. The van der Waals surface area contributed by atoms with Crippen molar-refractivity contribution in [3.05, 3.63) is 0 Å². The lowest BCUT2D eigenvalue weighted by molar-refractivity contribution is -0.167. The highest BCUT2D eigenvalue weighted by Crippen LogP contribution is 2.36. The Morgan fingerprint density at radius 2 is 1.17 bits per heavy atom. The van der Waals surface area contributed by atoms with E-state index >= 15 is 0 Å². The zero-order valence-electron chi connectivity index (χ0n) is 14.2. The van der Waals surface area contributed by atoms with Gasteiger partial charge in [0.15, 0.2) is 5.41 Å². The maximum absolute atomic E-state index is 10.7. The summed E-state index contributed by atoms with van der Waals surface area (Å²) in [5.74, 6) is -2.37. The largest absolute Gasteiger partial charge is 0.480 e. The molecule has 0 amide bonds. The van der Waals surface area contributed by atoms with Crippen LogP contribution in [0, 0.1) is 5.41 Å². The first-order chi connectivity index (χ1) is 11.0. The molecule has 0 unspecified atom stereocenters. The molecule has 136 valence electrons. The van der Waals surface area contributed by atoms with E-state index in [1.807, 2.05) is 13.8 Å². The summed E-state index contributed by atoms with van der Waals surface area (Å²) < 4.78 is 15.3. The number of hydrogen-bond acceptors (Lipinski definition) is 5. The highest BCUT2D eigenvalue weighted by molar-refractivity contribution is 5.98. The lowest BCUT2D eigenvalue weighted by atomic mass is 9.74. The molecule has 0 aromatic heterocycles. The van der Waals surface area contributed by atoms with E-state index in [4.69, 9.17) is 24.4 Å². The molecule has 1 saturated carbocycles. The third kappa shape index (κ3) is 8.88. The molecule has 1 rings (SSSR count). The summed E-state index contributed by atoms with van der Waals surface area (Å²) in [7, 11) is 0. The molecule has 0 heterocycles. The first-order valence-corrected chi connectivity index (χ1v) is 8.21. The minimum absolute atomic E-state index is 0.275. The number of carboxylic acids is 2. The number of ether oxygens (including phenoxy) is 3. The molecule has 1 fully saturated rings. The molecule has 0 bridgehead atoms. The van der Waals surface area contributed by atoms with Crippen molar-refractivity contribution in [3.63, 3.8) is 0 Å². The fraction of sp³-hybridized carbons (Fsp3) is 0.875. The average molecular weight is 334 g/mol. The van der Waals surface area contributed by atoms with Crippen molar-refractivity contribution in [2.75, 3.05) is 39.6 Å². The molecule has 0 atom stereocenters. The van der Waals surface area contributed by atoms with Crippen LogP contribution < -0.4 is 0 Å². The van der Waals surface area contributed by atoms with Gasteiger partial charge in [0.05, 0.1) is 26.4 Å². The summed E-state index contributed by atoms with van der Waals surface area (Å²) in [6.45, 7) is 8.16. The van der Waals surface area contributed by atoms with Crippen LogP contribution in [0.5, 0.6) is 0 Å². The van der Waals surface area contributed by atoms with Gasteiger partial charge in [0.1, 0.15) is 0 Å². The number of rotatable bonds is 10. The molecule has 1 aliphatic rings. The third-order valence-corrected chi connectivity index (χ3v) is 3.68. The lowest BCUT2D eigenvalue weighted by Gasteiger charge is -2.28. The lowest BCUT2D eigenvalue weighted by Crippen LogP contribution is -2.40. The fourth-order valence-electron chi connectivity index (χ4n) is 2.30. The van der Waals surface area contributed by atoms with Gasteiger partial charge in [-0.1, -0.05) is 19.3 Å². The second kappa shape index (κ2) is 13.3. The molecule has 0 aromatic rings. The van der Waals surface area contributed by atoms with Crippen LogP contribution in [0.15, 0.2) is 0 Å². The molecule has 0 aliphatic heterocycles. The van der Waals surface area contributed by atoms with E-state index in [-0.39, 0.29) is 12.8 Å². The quantitative estimate of drug-likeness (QED) is 0.466. The Labute approximate surface area is 137 Å². The van der Waals surface area contributed by atoms with Gasteiger partial charge in [-0.15, -0.1) is 0 Å². The summed E-state index contributed by atoms with van der Waals surface area (Å²) in [4.78, 5) is 21.5. The number of hydrogen-bond donors (Lipinski definition) is 2. The SMILES string of the molecule is CCOCCOCCOCC.O=C(O)C1(C(=O)O)CCCCC1. The van der Waals surface area contributed by atoms with E-state index in [9.17, 15) is 9.59 Å². The molecule has 7 heteroatoms. The van der Waals surface area contributed by atoms with E-state index in [1.165, 1.54) is 0 Å². The van der Waals surface area contributed by atoms with Gasteiger partial charge in [0, 0.05) is 13.2 Å². The van der Waals surface area contributed by atoms with Crippen LogP contribution >= 0.6 is 0 Å². The Kier molecular flexibility index (Phi) is 12.6. The predicted molar refractivity (Wildman–Crippen MR) is 84.6 cm³/mol. The maximum Gasteiger partial charge on any atom is 0.321 e. The minimum Gasteiger partial charge on any atom is -0.480 e. The van der Waals surface area contributed by atoms with Gasteiger partial charge in [0.25, 0.3) is 0 Å². The van der Waals surface area contributed by atoms with Gasteiger partial charge in [0.2, 0.25) is 0 Å². The second-order valence-electron chi connectivity index (χ2n) is 5.26. The second-order valence-corrected chi connectivity index (χ2v) is 5.26. The van der Waals surface area contributed by atoms with Crippen LogP contribution in [0.3, 0.4) is 0 Å². The topological polar surface area (TPSA) is 102 Å². The van der Waals surface area contributed by atoms with Crippen molar-refractivity contribution in [3.8, 4) is 0 Å². The molecule has 1 aliphatic carbocycles. The minimum atomic E-state index is -1.49. The summed E-state index contributed by atoms with van der Waals surface area (Å²) in [5.41, 5.74) is -1.49. The van der Waals surface area contributed by atoms with E-state index in [1.54, 1.807) is 0 Å². The molecule has 0 saturated heterocycles. The van der Waals surface area contributed by atoms with Gasteiger partial charge in [-0.2, -0.15) is 0 Å². The number of carbonyl (C=O) groups is 2.